The van der Waals surface area contributed by atoms with Crippen LogP contribution in [0, 0.1) is 40.4 Å². The first-order chi connectivity index (χ1) is 13.0. The van der Waals surface area contributed by atoms with Crippen molar-refractivity contribution >= 4 is 5.78 Å². The Kier molecular flexibility index (Phi) is 5.46. The summed E-state index contributed by atoms with van der Waals surface area (Å²) in [7, 11) is 1.70. The maximum atomic E-state index is 12.8. The highest BCUT2D eigenvalue weighted by atomic mass is 16.7. The zero-order chi connectivity index (χ0) is 19.2. The van der Waals surface area contributed by atoms with E-state index >= 15 is 0 Å². The number of aliphatic hydroxyl groups excluding tert-OH is 1. The van der Waals surface area contributed by atoms with Crippen LogP contribution in [0.1, 0.15) is 71.6 Å². The Bertz CT molecular complexity index is 563. The van der Waals surface area contributed by atoms with Crippen molar-refractivity contribution in [2.45, 2.75) is 77.7 Å². The van der Waals surface area contributed by atoms with E-state index in [-0.39, 0.29) is 17.9 Å². The Hall–Kier alpha value is -0.450. The molecule has 8 atom stereocenters. The molecule has 0 amide bonds. The Morgan fingerprint density at radius 3 is 2.59 bits per heavy atom. The summed E-state index contributed by atoms with van der Waals surface area (Å²) in [6.45, 7) is 4.94. The average Bonchev–Trinajstić information content (AvgIpc) is 3.06. The molecule has 4 nitrogen and oxygen atoms in total. The molecule has 1 N–H and O–H groups in total. The van der Waals surface area contributed by atoms with Crippen LogP contribution in [0.5, 0.6) is 0 Å². The number of aliphatic hydroxyl groups is 1. The van der Waals surface area contributed by atoms with Crippen molar-refractivity contribution in [1.29, 1.82) is 0 Å². The van der Waals surface area contributed by atoms with Crippen molar-refractivity contribution < 1.29 is 19.4 Å². The molecule has 4 fully saturated rings. The fourth-order valence-corrected chi connectivity index (χ4v) is 8.30. The molecule has 0 unspecified atom stereocenters. The minimum atomic E-state index is -0.224. The van der Waals surface area contributed by atoms with Gasteiger partial charge in [0.1, 0.15) is 12.6 Å². The number of carbonyl (C=O) groups excluding carboxylic acids is 1. The summed E-state index contributed by atoms with van der Waals surface area (Å²) in [6, 6.07) is 0. The molecule has 0 heterocycles. The number of hydrogen-bond donors (Lipinski definition) is 1. The van der Waals surface area contributed by atoms with Gasteiger partial charge in [-0.1, -0.05) is 6.92 Å². The van der Waals surface area contributed by atoms with Crippen LogP contribution in [0.15, 0.2) is 0 Å². The van der Waals surface area contributed by atoms with Crippen molar-refractivity contribution in [2.24, 2.45) is 40.4 Å². The van der Waals surface area contributed by atoms with Gasteiger partial charge < -0.3 is 14.6 Å². The molecule has 4 saturated carbocycles. The smallest absolute Gasteiger partial charge is 0.146 e. The average molecular weight is 379 g/mol. The SMILES string of the molecule is COCO[C@@H]1CC[C@@]2(C)[C@@H](CC[C@@H]3[C@@H]2CC[C@]2(C(C)=O)[C@@H](CO)CC[C@@H]32)C1. The highest BCUT2D eigenvalue weighted by molar-refractivity contribution is 5.83. The number of ketones is 1. The van der Waals surface area contributed by atoms with Crippen molar-refractivity contribution in [2.75, 3.05) is 20.5 Å². The Morgan fingerprint density at radius 1 is 1.07 bits per heavy atom. The molecule has 0 aromatic heterocycles. The third-order valence-corrected chi connectivity index (χ3v) is 9.60. The lowest BCUT2D eigenvalue weighted by Gasteiger charge is -2.61. The first kappa shape index (κ1) is 19.8. The van der Waals surface area contributed by atoms with Gasteiger partial charge in [-0.25, -0.2) is 0 Å². The van der Waals surface area contributed by atoms with Crippen LogP contribution in [-0.4, -0.2) is 37.5 Å². The molecular formula is C23H38O4. The van der Waals surface area contributed by atoms with Crippen molar-refractivity contribution in [3.63, 3.8) is 0 Å². The number of carbonyl (C=O) groups is 1. The summed E-state index contributed by atoms with van der Waals surface area (Å²) in [5, 5.41) is 9.98. The van der Waals surface area contributed by atoms with Crippen LogP contribution >= 0.6 is 0 Å². The maximum Gasteiger partial charge on any atom is 0.146 e. The van der Waals surface area contributed by atoms with Crippen molar-refractivity contribution in [3.05, 3.63) is 0 Å². The summed E-state index contributed by atoms with van der Waals surface area (Å²) in [6.07, 6.45) is 10.8. The first-order valence-electron chi connectivity index (χ1n) is 11.2. The second kappa shape index (κ2) is 7.42. The zero-order valence-electron chi connectivity index (χ0n) is 17.4. The summed E-state index contributed by atoms with van der Waals surface area (Å²) in [4.78, 5) is 12.8. The van der Waals surface area contributed by atoms with Crippen LogP contribution < -0.4 is 0 Å². The number of Topliss-reactive ketones (excluding diaryl/α,β-unsaturated/α-hetero) is 1. The quantitative estimate of drug-likeness (QED) is 0.729. The monoisotopic (exact) mass is 378 g/mol. The Balaban J connectivity index is 1.55. The summed E-state index contributed by atoms with van der Waals surface area (Å²) in [5.41, 5.74) is 0.175. The lowest BCUT2D eigenvalue weighted by Crippen LogP contribution is -2.56. The standard InChI is InChI=1S/C23H38O4/c1-15(25)23-11-9-20-19(21(23)7-5-17(23)13-24)6-4-16-12-18(27-14-26-3)8-10-22(16,20)2/h16-21,24H,4-14H2,1-3H3/t16-,17+,18+,19+,20-,21-,22-,23-/m0/s1. The van der Waals surface area contributed by atoms with Crippen LogP contribution in [0.2, 0.25) is 0 Å². The molecule has 0 aromatic rings. The van der Waals surface area contributed by atoms with Gasteiger partial charge in [-0.3, -0.25) is 4.79 Å². The molecular weight excluding hydrogens is 340 g/mol. The molecule has 0 bridgehead atoms. The molecule has 154 valence electrons. The van der Waals surface area contributed by atoms with E-state index in [9.17, 15) is 9.90 Å². The van der Waals surface area contributed by atoms with Crippen molar-refractivity contribution in [3.8, 4) is 0 Å². The highest BCUT2D eigenvalue weighted by Gasteiger charge is 2.63. The van der Waals surface area contributed by atoms with Gasteiger partial charge in [0.25, 0.3) is 0 Å². The molecule has 0 radical (unpaired) electrons. The van der Waals surface area contributed by atoms with E-state index < -0.39 is 0 Å². The summed E-state index contributed by atoms with van der Waals surface area (Å²) in [5.74, 6) is 3.22. The molecule has 4 rings (SSSR count). The van der Waals surface area contributed by atoms with Gasteiger partial charge in [0.15, 0.2) is 0 Å². The molecule has 0 aromatic carbocycles. The van der Waals surface area contributed by atoms with Gasteiger partial charge in [0.2, 0.25) is 0 Å². The fourth-order valence-electron chi connectivity index (χ4n) is 8.30. The van der Waals surface area contributed by atoms with E-state index in [2.05, 4.69) is 6.92 Å². The number of methoxy groups -OCH3 is 1. The first-order valence-corrected chi connectivity index (χ1v) is 11.2. The molecule has 4 aliphatic carbocycles. The number of fused-ring (bicyclic) bond motifs is 5. The number of ether oxygens (including phenoxy) is 2. The predicted octanol–water partition coefficient (Wildman–Crippen LogP) is 4.20. The lowest BCUT2D eigenvalue weighted by molar-refractivity contribution is -0.163. The molecule has 4 heteroatoms. The largest absolute Gasteiger partial charge is 0.396 e. The number of hydrogen-bond acceptors (Lipinski definition) is 4. The van der Waals surface area contributed by atoms with Gasteiger partial charge in [-0.05, 0) is 99.7 Å². The molecule has 27 heavy (non-hydrogen) atoms. The maximum absolute atomic E-state index is 12.8. The second-order valence-corrected chi connectivity index (χ2v) is 10.2. The Labute approximate surface area is 164 Å². The minimum absolute atomic E-state index is 0.186. The predicted molar refractivity (Wildman–Crippen MR) is 104 cm³/mol. The van der Waals surface area contributed by atoms with Gasteiger partial charge in [0.05, 0.1) is 6.10 Å². The van der Waals surface area contributed by atoms with Crippen LogP contribution in [-0.2, 0) is 14.3 Å². The topological polar surface area (TPSA) is 55.8 Å². The van der Waals surface area contributed by atoms with Gasteiger partial charge in [-0.15, -0.1) is 0 Å². The molecule has 0 spiro atoms. The van der Waals surface area contributed by atoms with E-state index in [0.29, 0.717) is 35.9 Å². The van der Waals surface area contributed by atoms with E-state index in [1.54, 1.807) is 14.0 Å². The summed E-state index contributed by atoms with van der Waals surface area (Å²) < 4.78 is 11.0. The van der Waals surface area contributed by atoms with Gasteiger partial charge >= 0.3 is 0 Å². The normalized spacial score (nSPS) is 49.2. The van der Waals surface area contributed by atoms with E-state index in [1.165, 1.54) is 32.1 Å². The Morgan fingerprint density at radius 2 is 1.89 bits per heavy atom. The zero-order valence-corrected chi connectivity index (χ0v) is 17.4. The van der Waals surface area contributed by atoms with E-state index in [0.717, 1.165) is 37.5 Å². The van der Waals surface area contributed by atoms with E-state index in [4.69, 9.17) is 9.47 Å². The van der Waals surface area contributed by atoms with Gasteiger partial charge in [0, 0.05) is 19.1 Å². The highest BCUT2D eigenvalue weighted by Crippen LogP contribution is 2.67. The van der Waals surface area contributed by atoms with Crippen molar-refractivity contribution in [1.82, 2.24) is 0 Å². The number of rotatable bonds is 5. The third kappa shape index (κ3) is 2.93. The molecule has 0 saturated heterocycles. The van der Waals surface area contributed by atoms with Crippen LogP contribution in [0.25, 0.3) is 0 Å². The summed E-state index contributed by atoms with van der Waals surface area (Å²) >= 11 is 0. The lowest BCUT2D eigenvalue weighted by atomic mass is 9.44. The third-order valence-electron chi connectivity index (χ3n) is 9.60. The molecule has 4 aliphatic rings. The van der Waals surface area contributed by atoms with Crippen LogP contribution in [0.4, 0.5) is 0 Å². The minimum Gasteiger partial charge on any atom is -0.396 e. The second-order valence-electron chi connectivity index (χ2n) is 10.2. The van der Waals surface area contributed by atoms with Gasteiger partial charge in [-0.2, -0.15) is 0 Å². The molecule has 0 aliphatic heterocycles. The fraction of sp³-hybridized carbons (Fsp3) is 0.957. The van der Waals surface area contributed by atoms with Crippen LogP contribution in [0.3, 0.4) is 0 Å². The van der Waals surface area contributed by atoms with E-state index in [1.807, 2.05) is 0 Å².